The number of anilines is 3. The van der Waals surface area contributed by atoms with Crippen LogP contribution in [0, 0.1) is 0 Å². The average molecular weight is 673 g/mol. The molecule has 0 fully saturated rings. The van der Waals surface area contributed by atoms with Crippen LogP contribution >= 0.6 is 22.7 Å². The summed E-state index contributed by atoms with van der Waals surface area (Å²) in [5.41, 5.74) is 7.00. The van der Waals surface area contributed by atoms with Crippen LogP contribution in [0.3, 0.4) is 0 Å². The Kier molecular flexibility index (Phi) is 6.03. The maximum atomic E-state index is 2.53. The predicted molar refractivity (Wildman–Crippen MR) is 219 cm³/mol. The second-order valence-corrected chi connectivity index (χ2v) is 15.0. The molecule has 4 heteroatoms. The number of para-hydroxylation sites is 3. The fourth-order valence-corrected chi connectivity index (χ4v) is 10.4. The largest absolute Gasteiger partial charge is 0.308 e. The molecule has 0 saturated carbocycles. The van der Waals surface area contributed by atoms with Gasteiger partial charge in [0.25, 0.3) is 0 Å². The van der Waals surface area contributed by atoms with Crippen molar-refractivity contribution in [1.82, 2.24) is 4.57 Å². The van der Waals surface area contributed by atoms with Gasteiger partial charge in [-0.3, -0.25) is 0 Å². The molecule has 2 nitrogen and oxygen atoms in total. The number of thiophene rings is 2. The number of hydrogen-bond donors (Lipinski definition) is 0. The zero-order valence-corrected chi connectivity index (χ0v) is 28.5. The van der Waals surface area contributed by atoms with Crippen molar-refractivity contribution in [3.8, 4) is 5.69 Å². The smallest absolute Gasteiger partial charge is 0.0782 e. The van der Waals surface area contributed by atoms with Crippen LogP contribution in [0.1, 0.15) is 0 Å². The molecule has 3 heterocycles. The molecule has 0 radical (unpaired) electrons. The van der Waals surface area contributed by atoms with E-state index in [1.165, 1.54) is 78.6 Å². The molecule has 0 saturated heterocycles. The molecule has 0 spiro atoms. The van der Waals surface area contributed by atoms with E-state index in [4.69, 9.17) is 0 Å². The van der Waals surface area contributed by atoms with Gasteiger partial charge in [0.15, 0.2) is 0 Å². The van der Waals surface area contributed by atoms with E-state index < -0.39 is 0 Å². The van der Waals surface area contributed by atoms with Gasteiger partial charge in [-0.2, -0.15) is 0 Å². The number of hydrogen-bond acceptors (Lipinski definition) is 3. The molecular formula is C46H28N2S2. The SMILES string of the molecule is c1ccc(-n2c3ccccc3c3cccc(N(c4ccc5sc6ccccc6c5c4)c4cccc5ccc6c7ccccc7sc6c45)c32)cc1. The third-order valence-electron chi connectivity index (χ3n) is 10.2. The van der Waals surface area contributed by atoms with Crippen molar-refractivity contribution in [3.63, 3.8) is 0 Å². The maximum Gasteiger partial charge on any atom is 0.0782 e. The Bertz CT molecular complexity index is 3110. The van der Waals surface area contributed by atoms with Gasteiger partial charge in [-0.25, -0.2) is 0 Å². The highest BCUT2D eigenvalue weighted by Crippen LogP contribution is 2.49. The van der Waals surface area contributed by atoms with Crippen LogP contribution in [-0.4, -0.2) is 4.57 Å². The monoisotopic (exact) mass is 672 g/mol. The summed E-state index contributed by atoms with van der Waals surface area (Å²) in [6.45, 7) is 0. The van der Waals surface area contributed by atoms with E-state index in [0.717, 1.165) is 17.1 Å². The van der Waals surface area contributed by atoms with Crippen LogP contribution in [0.15, 0.2) is 170 Å². The lowest BCUT2D eigenvalue weighted by Gasteiger charge is -2.28. The van der Waals surface area contributed by atoms with Crippen LogP contribution in [0.5, 0.6) is 0 Å². The van der Waals surface area contributed by atoms with E-state index in [0.29, 0.717) is 0 Å². The molecule has 0 aliphatic rings. The summed E-state index contributed by atoms with van der Waals surface area (Å²) < 4.78 is 7.70. The van der Waals surface area contributed by atoms with E-state index in [9.17, 15) is 0 Å². The van der Waals surface area contributed by atoms with E-state index in [2.05, 4.69) is 179 Å². The van der Waals surface area contributed by atoms with Crippen LogP contribution in [0.25, 0.3) is 78.6 Å². The topological polar surface area (TPSA) is 8.17 Å². The average Bonchev–Trinajstić information content (AvgIpc) is 3.85. The van der Waals surface area contributed by atoms with Crippen LogP contribution in [0.4, 0.5) is 17.1 Å². The molecule has 50 heavy (non-hydrogen) atoms. The van der Waals surface area contributed by atoms with Crippen molar-refractivity contribution in [2.75, 3.05) is 4.90 Å². The Labute approximate surface area is 296 Å². The van der Waals surface area contributed by atoms with Gasteiger partial charge in [0.1, 0.15) is 0 Å². The summed E-state index contributed by atoms with van der Waals surface area (Å²) >= 11 is 3.76. The molecule has 8 aromatic carbocycles. The second-order valence-electron chi connectivity index (χ2n) is 12.9. The van der Waals surface area contributed by atoms with Crippen molar-refractivity contribution in [1.29, 1.82) is 0 Å². The number of benzene rings is 8. The van der Waals surface area contributed by atoms with E-state index >= 15 is 0 Å². The van der Waals surface area contributed by atoms with Gasteiger partial charge in [-0.05, 0) is 66.0 Å². The van der Waals surface area contributed by atoms with Gasteiger partial charge < -0.3 is 9.47 Å². The summed E-state index contributed by atoms with van der Waals surface area (Å²) in [5, 5.41) is 10.2. The highest BCUT2D eigenvalue weighted by Gasteiger charge is 2.24. The lowest BCUT2D eigenvalue weighted by atomic mass is 10.0. The Hall–Kier alpha value is -5.94. The quantitative estimate of drug-likeness (QED) is 0.181. The Morgan fingerprint density at radius 1 is 0.420 bits per heavy atom. The summed E-state index contributed by atoms with van der Waals surface area (Å²) in [7, 11) is 0. The van der Waals surface area contributed by atoms with Crippen molar-refractivity contribution in [2.24, 2.45) is 0 Å². The molecule has 0 unspecified atom stereocenters. The first-order valence-electron chi connectivity index (χ1n) is 16.9. The van der Waals surface area contributed by atoms with Gasteiger partial charge in [0.2, 0.25) is 0 Å². The van der Waals surface area contributed by atoms with Gasteiger partial charge in [-0.1, -0.05) is 109 Å². The Morgan fingerprint density at radius 2 is 1.08 bits per heavy atom. The number of aromatic nitrogens is 1. The molecule has 0 aliphatic heterocycles. The van der Waals surface area contributed by atoms with Crippen LogP contribution in [-0.2, 0) is 0 Å². The van der Waals surface area contributed by atoms with E-state index in [1.54, 1.807) is 0 Å². The molecule has 0 amide bonds. The van der Waals surface area contributed by atoms with Crippen molar-refractivity contribution >= 4 is 113 Å². The van der Waals surface area contributed by atoms with Crippen molar-refractivity contribution in [2.45, 2.75) is 0 Å². The predicted octanol–water partition coefficient (Wildman–Crippen LogP) is 14.1. The van der Waals surface area contributed by atoms with Gasteiger partial charge in [0, 0.05) is 67.9 Å². The van der Waals surface area contributed by atoms with Crippen LogP contribution < -0.4 is 4.90 Å². The van der Waals surface area contributed by atoms with Crippen LogP contribution in [0.2, 0.25) is 0 Å². The number of fused-ring (bicyclic) bond motifs is 11. The minimum absolute atomic E-state index is 1.14. The van der Waals surface area contributed by atoms with E-state index in [1.807, 2.05) is 22.7 Å². The van der Waals surface area contributed by atoms with Gasteiger partial charge in [0.05, 0.1) is 22.4 Å². The standard InChI is InChI=1S/C46H28N2S2/c1-2-13-30(14-3-1)48-38-19-7-4-15-32(38)35-18-11-21-40(45(35)48)47(31-25-27-43-37(28-31)34-17-6-8-22-41(34)49-43)39-20-10-12-29-24-26-36-33-16-5-9-23-42(33)50-46(36)44(29)39/h1-28H. The molecule has 234 valence electrons. The normalized spacial score (nSPS) is 12.0. The maximum absolute atomic E-state index is 2.53. The first kappa shape index (κ1) is 28.0. The molecule has 0 N–H and O–H groups in total. The highest BCUT2D eigenvalue weighted by molar-refractivity contribution is 7.27. The Morgan fingerprint density at radius 3 is 1.94 bits per heavy atom. The fourth-order valence-electron chi connectivity index (χ4n) is 8.01. The molecule has 3 aromatic heterocycles. The Balaban J connectivity index is 1.31. The molecule has 11 aromatic rings. The molecule has 11 rings (SSSR count). The molecular weight excluding hydrogens is 645 g/mol. The fraction of sp³-hybridized carbons (Fsp3) is 0. The molecule has 0 bridgehead atoms. The van der Waals surface area contributed by atoms with E-state index in [-0.39, 0.29) is 0 Å². The number of nitrogens with zero attached hydrogens (tertiary/aromatic N) is 2. The third-order valence-corrected chi connectivity index (χ3v) is 12.5. The summed E-state index contributed by atoms with van der Waals surface area (Å²) in [5.74, 6) is 0. The molecule has 0 aliphatic carbocycles. The zero-order chi connectivity index (χ0) is 32.8. The minimum atomic E-state index is 1.14. The zero-order valence-electron chi connectivity index (χ0n) is 26.9. The second kappa shape index (κ2) is 10.8. The van der Waals surface area contributed by atoms with Crippen molar-refractivity contribution < 1.29 is 0 Å². The third kappa shape index (κ3) is 4.01. The first-order valence-corrected chi connectivity index (χ1v) is 18.6. The van der Waals surface area contributed by atoms with Crippen molar-refractivity contribution in [3.05, 3.63) is 170 Å². The van der Waals surface area contributed by atoms with Gasteiger partial charge in [-0.15, -0.1) is 22.7 Å². The van der Waals surface area contributed by atoms with Gasteiger partial charge >= 0.3 is 0 Å². The summed E-state index contributed by atoms with van der Waals surface area (Å²) in [6.07, 6.45) is 0. The highest BCUT2D eigenvalue weighted by atomic mass is 32.1. The lowest BCUT2D eigenvalue weighted by Crippen LogP contribution is -2.12. The minimum Gasteiger partial charge on any atom is -0.308 e. The number of rotatable bonds is 4. The lowest BCUT2D eigenvalue weighted by molar-refractivity contribution is 1.17. The summed E-state index contributed by atoms with van der Waals surface area (Å²) in [6, 6.07) is 62.5. The first-order chi connectivity index (χ1) is 24.8. The molecule has 0 atom stereocenters. The summed E-state index contributed by atoms with van der Waals surface area (Å²) in [4.78, 5) is 2.53.